The SMILES string of the molecule is O=C1CC[C@@H](COC(=O)c2csc(Cc3cccc(F)c3)n2)N1. The molecule has 0 saturated carbocycles. The molecule has 1 aromatic carbocycles. The second kappa shape index (κ2) is 6.87. The lowest BCUT2D eigenvalue weighted by Crippen LogP contribution is -2.30. The van der Waals surface area contributed by atoms with Gasteiger partial charge in [0, 0.05) is 18.2 Å². The molecule has 0 spiro atoms. The number of benzene rings is 1. The summed E-state index contributed by atoms with van der Waals surface area (Å²) in [6, 6.07) is 6.17. The van der Waals surface area contributed by atoms with Crippen molar-refractivity contribution in [1.29, 1.82) is 0 Å². The van der Waals surface area contributed by atoms with Gasteiger partial charge in [-0.1, -0.05) is 12.1 Å². The lowest BCUT2D eigenvalue weighted by atomic mass is 10.1. The van der Waals surface area contributed by atoms with Gasteiger partial charge >= 0.3 is 5.97 Å². The number of carbonyl (C=O) groups excluding carboxylic acids is 2. The van der Waals surface area contributed by atoms with Crippen LogP contribution < -0.4 is 5.32 Å². The molecule has 0 radical (unpaired) electrons. The predicted octanol–water partition coefficient (Wildman–Crippen LogP) is 2.31. The molecule has 2 aromatic rings. The number of nitrogens with one attached hydrogen (secondary N) is 1. The summed E-state index contributed by atoms with van der Waals surface area (Å²) in [6.07, 6.45) is 1.61. The molecule has 0 bridgehead atoms. The predicted molar refractivity (Wildman–Crippen MR) is 82.8 cm³/mol. The highest BCUT2D eigenvalue weighted by Crippen LogP contribution is 2.16. The van der Waals surface area contributed by atoms with Crippen molar-refractivity contribution in [2.75, 3.05) is 6.61 Å². The minimum atomic E-state index is -0.507. The second-order valence-electron chi connectivity index (χ2n) is 5.33. The van der Waals surface area contributed by atoms with Gasteiger partial charge in [0.15, 0.2) is 5.69 Å². The third-order valence-corrected chi connectivity index (χ3v) is 4.35. The molecule has 1 N–H and O–H groups in total. The first kappa shape index (κ1) is 15.6. The number of hydrogen-bond donors (Lipinski definition) is 1. The monoisotopic (exact) mass is 334 g/mol. The first-order valence-electron chi connectivity index (χ1n) is 7.25. The Bertz CT molecular complexity index is 732. The van der Waals surface area contributed by atoms with Crippen molar-refractivity contribution in [3.63, 3.8) is 0 Å². The van der Waals surface area contributed by atoms with Crippen molar-refractivity contribution in [2.45, 2.75) is 25.3 Å². The molecule has 1 amide bonds. The van der Waals surface area contributed by atoms with E-state index in [1.165, 1.54) is 23.5 Å². The molecule has 1 aliphatic rings. The molecule has 23 heavy (non-hydrogen) atoms. The number of carbonyl (C=O) groups is 2. The first-order chi connectivity index (χ1) is 11.1. The fourth-order valence-electron chi connectivity index (χ4n) is 2.36. The summed E-state index contributed by atoms with van der Waals surface area (Å²) in [6.45, 7) is 0.154. The van der Waals surface area contributed by atoms with Crippen LogP contribution in [0.1, 0.15) is 33.9 Å². The van der Waals surface area contributed by atoms with Crippen molar-refractivity contribution in [2.24, 2.45) is 0 Å². The minimum absolute atomic E-state index is 0.0166. The van der Waals surface area contributed by atoms with Crippen molar-refractivity contribution in [3.8, 4) is 0 Å². The fraction of sp³-hybridized carbons (Fsp3) is 0.312. The van der Waals surface area contributed by atoms with Gasteiger partial charge in [0.1, 0.15) is 12.4 Å². The summed E-state index contributed by atoms with van der Waals surface area (Å²) >= 11 is 1.33. The lowest BCUT2D eigenvalue weighted by molar-refractivity contribution is -0.119. The number of hydrogen-bond acceptors (Lipinski definition) is 5. The third-order valence-electron chi connectivity index (χ3n) is 3.51. The summed E-state index contributed by atoms with van der Waals surface area (Å²) in [5.41, 5.74) is 1.04. The number of ether oxygens (including phenoxy) is 1. The third kappa shape index (κ3) is 4.13. The van der Waals surface area contributed by atoms with Gasteiger partial charge in [-0.2, -0.15) is 0 Å². The fourth-order valence-corrected chi connectivity index (χ4v) is 3.16. The Morgan fingerprint density at radius 1 is 1.48 bits per heavy atom. The van der Waals surface area contributed by atoms with E-state index in [9.17, 15) is 14.0 Å². The molecular weight excluding hydrogens is 319 g/mol. The van der Waals surface area contributed by atoms with Crippen LogP contribution in [0.15, 0.2) is 29.6 Å². The van der Waals surface area contributed by atoms with Crippen LogP contribution in [0.4, 0.5) is 4.39 Å². The van der Waals surface area contributed by atoms with E-state index in [-0.39, 0.29) is 30.1 Å². The van der Waals surface area contributed by atoms with E-state index in [1.807, 2.05) is 6.07 Å². The quantitative estimate of drug-likeness (QED) is 0.852. The van der Waals surface area contributed by atoms with Gasteiger partial charge in [-0.15, -0.1) is 11.3 Å². The largest absolute Gasteiger partial charge is 0.459 e. The van der Waals surface area contributed by atoms with Crippen LogP contribution in [0.5, 0.6) is 0 Å². The van der Waals surface area contributed by atoms with Crippen LogP contribution in [0.3, 0.4) is 0 Å². The Morgan fingerprint density at radius 3 is 3.09 bits per heavy atom. The number of amides is 1. The number of rotatable bonds is 5. The maximum atomic E-state index is 13.2. The van der Waals surface area contributed by atoms with E-state index in [0.29, 0.717) is 19.3 Å². The Hall–Kier alpha value is -2.28. The van der Waals surface area contributed by atoms with Crippen molar-refractivity contribution in [3.05, 3.63) is 51.7 Å². The van der Waals surface area contributed by atoms with Gasteiger partial charge in [-0.25, -0.2) is 14.2 Å². The zero-order valence-corrected chi connectivity index (χ0v) is 13.1. The maximum Gasteiger partial charge on any atom is 0.357 e. The van der Waals surface area contributed by atoms with Crippen LogP contribution in [0, 0.1) is 5.82 Å². The smallest absolute Gasteiger partial charge is 0.357 e. The molecule has 0 aliphatic carbocycles. The van der Waals surface area contributed by atoms with Crippen LogP contribution in [-0.2, 0) is 16.0 Å². The summed E-state index contributed by atoms with van der Waals surface area (Å²) in [7, 11) is 0. The molecule has 0 unspecified atom stereocenters. The summed E-state index contributed by atoms with van der Waals surface area (Å²) in [4.78, 5) is 27.3. The average molecular weight is 334 g/mol. The molecule has 2 heterocycles. The van der Waals surface area contributed by atoms with E-state index in [0.717, 1.165) is 10.6 Å². The van der Waals surface area contributed by atoms with Crippen molar-refractivity contribution >= 4 is 23.2 Å². The molecule has 1 atom stereocenters. The summed E-state index contributed by atoms with van der Waals surface area (Å²) in [5, 5.41) is 5.08. The molecule has 1 aliphatic heterocycles. The number of esters is 1. The van der Waals surface area contributed by atoms with E-state index >= 15 is 0 Å². The Labute approximate surface area is 136 Å². The first-order valence-corrected chi connectivity index (χ1v) is 8.13. The lowest BCUT2D eigenvalue weighted by Gasteiger charge is -2.09. The van der Waals surface area contributed by atoms with Gasteiger partial charge < -0.3 is 10.1 Å². The molecule has 7 heteroatoms. The van der Waals surface area contributed by atoms with E-state index in [4.69, 9.17) is 4.74 Å². The van der Waals surface area contributed by atoms with Gasteiger partial charge in [0.2, 0.25) is 5.91 Å². The van der Waals surface area contributed by atoms with Crippen molar-refractivity contribution < 1.29 is 18.7 Å². The molecule has 3 rings (SSSR count). The molecule has 120 valence electrons. The van der Waals surface area contributed by atoms with E-state index in [1.54, 1.807) is 11.4 Å². The Kier molecular flexibility index (Phi) is 4.66. The number of aromatic nitrogens is 1. The standard InChI is InChI=1S/C16H15FN2O3S/c17-11-3-1-2-10(6-11)7-15-19-13(9-23-15)16(21)22-8-12-4-5-14(20)18-12/h1-3,6,9,12H,4-5,7-8H2,(H,18,20)/t12-/m0/s1. The Balaban J connectivity index is 1.55. The summed E-state index contributed by atoms with van der Waals surface area (Å²) < 4.78 is 18.3. The van der Waals surface area contributed by atoms with Crippen LogP contribution in [-0.4, -0.2) is 29.5 Å². The highest BCUT2D eigenvalue weighted by molar-refractivity contribution is 7.09. The highest BCUT2D eigenvalue weighted by Gasteiger charge is 2.22. The number of nitrogens with zero attached hydrogens (tertiary/aromatic N) is 1. The Morgan fingerprint density at radius 2 is 2.35 bits per heavy atom. The minimum Gasteiger partial charge on any atom is -0.459 e. The molecular formula is C16H15FN2O3S. The van der Waals surface area contributed by atoms with Crippen molar-refractivity contribution in [1.82, 2.24) is 10.3 Å². The molecule has 5 nitrogen and oxygen atoms in total. The van der Waals surface area contributed by atoms with Gasteiger partial charge in [-0.3, -0.25) is 4.79 Å². The van der Waals surface area contributed by atoms with Crippen LogP contribution >= 0.6 is 11.3 Å². The van der Waals surface area contributed by atoms with E-state index < -0.39 is 5.97 Å². The number of thiazole rings is 1. The molecule has 1 fully saturated rings. The zero-order valence-electron chi connectivity index (χ0n) is 12.3. The van der Waals surface area contributed by atoms with E-state index in [2.05, 4.69) is 10.3 Å². The average Bonchev–Trinajstić information content (AvgIpc) is 3.14. The summed E-state index contributed by atoms with van der Waals surface area (Å²) in [5.74, 6) is -0.817. The zero-order chi connectivity index (χ0) is 16.2. The highest BCUT2D eigenvalue weighted by atomic mass is 32.1. The molecule has 1 aromatic heterocycles. The second-order valence-corrected chi connectivity index (χ2v) is 6.28. The maximum absolute atomic E-state index is 13.2. The van der Waals surface area contributed by atoms with Crippen LogP contribution in [0.2, 0.25) is 0 Å². The number of halogens is 1. The molecule has 1 saturated heterocycles. The van der Waals surface area contributed by atoms with Gasteiger partial charge in [-0.05, 0) is 24.1 Å². The van der Waals surface area contributed by atoms with Gasteiger partial charge in [0.05, 0.1) is 11.0 Å². The normalized spacial score (nSPS) is 17.1. The van der Waals surface area contributed by atoms with Crippen LogP contribution in [0.25, 0.3) is 0 Å². The van der Waals surface area contributed by atoms with Gasteiger partial charge in [0.25, 0.3) is 0 Å². The topological polar surface area (TPSA) is 68.3 Å².